The van der Waals surface area contributed by atoms with E-state index < -0.39 is 5.41 Å². The molecule has 36 heavy (non-hydrogen) atoms. The molecule has 0 aromatic heterocycles. The predicted octanol–water partition coefficient (Wildman–Crippen LogP) is 1.65. The number of amides is 1. The number of rotatable bonds is 6. The molecule has 0 bridgehead atoms. The van der Waals surface area contributed by atoms with E-state index in [1.807, 2.05) is 43.3 Å². The second-order valence-corrected chi connectivity index (χ2v) is 10.7. The minimum absolute atomic E-state index is 0.175. The van der Waals surface area contributed by atoms with Gasteiger partial charge in [-0.05, 0) is 0 Å². The van der Waals surface area contributed by atoms with Crippen LogP contribution in [0.4, 0.5) is 0 Å². The van der Waals surface area contributed by atoms with E-state index in [1.165, 1.54) is 7.11 Å². The molecule has 1 amide bonds. The van der Waals surface area contributed by atoms with Crippen LogP contribution in [0.2, 0.25) is 0 Å². The van der Waals surface area contributed by atoms with Crippen LogP contribution in [0.1, 0.15) is 44.3 Å². The standard InChI is InChI=1S/C29H26IN2O4/c1-29(18-31)19-36-17-25-9-8-23(14-26(25)29)27(33)32-16-22-12-21(10-11-30-15-22)7-6-20-4-3-5-24(13-20)28(34)35-2/h3-15H,16-17,19H2,1-2H3,(H,32,33)/q-1/b7-6+/t29-/m1/s1. The third-order valence-corrected chi connectivity index (χ3v) is 7.91. The number of carbonyl (C=O) groups excluding carboxylic acids is 2. The molecule has 0 fully saturated rings. The Bertz CT molecular complexity index is 1350. The number of hydrogen-bond donors (Lipinski definition) is 1. The van der Waals surface area contributed by atoms with Crippen molar-refractivity contribution in [2.75, 3.05) is 20.3 Å². The van der Waals surface area contributed by atoms with E-state index in [0.717, 1.165) is 27.8 Å². The molecule has 0 aliphatic carbocycles. The van der Waals surface area contributed by atoms with Crippen molar-refractivity contribution in [1.82, 2.24) is 5.32 Å². The molecule has 4 rings (SSSR count). The van der Waals surface area contributed by atoms with Gasteiger partial charge in [-0.1, -0.05) is 0 Å². The number of halogens is 1. The molecule has 0 unspecified atom stereocenters. The number of esters is 1. The van der Waals surface area contributed by atoms with Gasteiger partial charge in [0.15, 0.2) is 0 Å². The molecule has 2 heterocycles. The van der Waals surface area contributed by atoms with Gasteiger partial charge in [-0.3, -0.25) is 0 Å². The summed E-state index contributed by atoms with van der Waals surface area (Å²) >= 11 is -0.265. The maximum atomic E-state index is 12.9. The second kappa shape index (κ2) is 11.5. The van der Waals surface area contributed by atoms with Crippen LogP contribution in [-0.2, 0) is 21.5 Å². The van der Waals surface area contributed by atoms with Crippen LogP contribution in [-0.4, -0.2) is 32.1 Å². The number of carbonyl (C=O) groups is 2. The van der Waals surface area contributed by atoms with Crippen molar-refractivity contribution in [1.29, 1.82) is 5.26 Å². The van der Waals surface area contributed by atoms with Gasteiger partial charge >= 0.3 is 222 Å². The van der Waals surface area contributed by atoms with E-state index in [0.29, 0.717) is 30.9 Å². The molecular weight excluding hydrogens is 567 g/mol. The van der Waals surface area contributed by atoms with Crippen LogP contribution in [0.25, 0.3) is 6.08 Å². The SMILES string of the molecule is COC(=O)c1cccc(/C=C/C2=CC(CNC(=O)c3ccc4c(c3)[C@](C)(C#N)COC4)=C[I-]C=C2)c1. The van der Waals surface area contributed by atoms with Crippen LogP contribution in [0, 0.1) is 11.3 Å². The number of nitrogens with zero attached hydrogens (tertiary/aromatic N) is 1. The number of nitrogens with one attached hydrogen (secondary N) is 1. The van der Waals surface area contributed by atoms with Crippen LogP contribution >= 0.6 is 0 Å². The van der Waals surface area contributed by atoms with E-state index in [-0.39, 0.29) is 33.1 Å². The van der Waals surface area contributed by atoms with Gasteiger partial charge in [-0.25, -0.2) is 0 Å². The average molecular weight is 593 g/mol. The van der Waals surface area contributed by atoms with Gasteiger partial charge in [0.2, 0.25) is 0 Å². The van der Waals surface area contributed by atoms with Gasteiger partial charge in [-0.15, -0.1) is 0 Å². The normalized spacial score (nSPS) is 19.1. The number of methoxy groups -OCH3 is 1. The second-order valence-electron chi connectivity index (χ2n) is 8.69. The monoisotopic (exact) mass is 593 g/mol. The fourth-order valence-electron chi connectivity index (χ4n) is 3.97. The Labute approximate surface area is 221 Å². The summed E-state index contributed by atoms with van der Waals surface area (Å²) in [5, 5.41) is 12.7. The number of hydrogen-bond acceptors (Lipinski definition) is 5. The van der Waals surface area contributed by atoms with Crippen LogP contribution in [0.5, 0.6) is 0 Å². The van der Waals surface area contributed by atoms with E-state index in [9.17, 15) is 14.9 Å². The summed E-state index contributed by atoms with van der Waals surface area (Å²) < 4.78 is 14.7. The van der Waals surface area contributed by atoms with Gasteiger partial charge in [0.1, 0.15) is 0 Å². The van der Waals surface area contributed by atoms with Crippen molar-refractivity contribution in [3.05, 3.63) is 108 Å². The summed E-state index contributed by atoms with van der Waals surface area (Å²) in [6, 6.07) is 15.1. The fourth-order valence-corrected chi connectivity index (χ4v) is 5.66. The molecule has 1 N–H and O–H groups in total. The molecule has 0 radical (unpaired) electrons. The van der Waals surface area contributed by atoms with Crippen molar-refractivity contribution < 1.29 is 40.3 Å². The number of fused-ring (bicyclic) bond motifs is 1. The molecular formula is C29H26IN2O4-. The number of benzene rings is 2. The third-order valence-electron chi connectivity index (χ3n) is 5.97. The first-order valence-electron chi connectivity index (χ1n) is 11.4. The van der Waals surface area contributed by atoms with Crippen molar-refractivity contribution >= 4 is 18.0 Å². The Hall–Kier alpha value is -3.48. The molecule has 7 heteroatoms. The van der Waals surface area contributed by atoms with Gasteiger partial charge in [0.25, 0.3) is 0 Å². The Balaban J connectivity index is 1.44. The zero-order valence-corrected chi connectivity index (χ0v) is 22.2. The Morgan fingerprint density at radius 3 is 2.89 bits per heavy atom. The number of ether oxygens (including phenoxy) is 2. The summed E-state index contributed by atoms with van der Waals surface area (Å²) in [5.74, 6) is -0.542. The van der Waals surface area contributed by atoms with Crippen LogP contribution in [0.3, 0.4) is 0 Å². The molecule has 6 nitrogen and oxygen atoms in total. The third kappa shape index (κ3) is 6.01. The van der Waals surface area contributed by atoms with E-state index >= 15 is 0 Å². The van der Waals surface area contributed by atoms with Crippen molar-refractivity contribution in [3.8, 4) is 6.07 Å². The van der Waals surface area contributed by atoms with E-state index in [1.54, 1.807) is 18.2 Å². The Morgan fingerprint density at radius 1 is 1.22 bits per heavy atom. The first kappa shape index (κ1) is 25.6. The molecule has 2 aromatic rings. The van der Waals surface area contributed by atoms with Gasteiger partial charge < -0.3 is 0 Å². The molecule has 2 aliphatic heterocycles. The first-order chi connectivity index (χ1) is 17.4. The summed E-state index contributed by atoms with van der Waals surface area (Å²) in [5.41, 5.74) is 5.03. The fraction of sp³-hybridized carbons (Fsp3) is 0.207. The molecule has 184 valence electrons. The van der Waals surface area contributed by atoms with Crippen molar-refractivity contribution in [2.45, 2.75) is 18.9 Å². The summed E-state index contributed by atoms with van der Waals surface area (Å²) in [6.45, 7) is 3.02. The minimum atomic E-state index is -0.760. The molecule has 0 saturated carbocycles. The summed E-state index contributed by atoms with van der Waals surface area (Å²) in [4.78, 5) is 24.7. The molecule has 2 aromatic carbocycles. The molecule has 0 spiro atoms. The van der Waals surface area contributed by atoms with Crippen LogP contribution < -0.4 is 26.5 Å². The quantitative estimate of drug-likeness (QED) is 0.407. The van der Waals surface area contributed by atoms with Gasteiger partial charge in [0.05, 0.1) is 0 Å². The molecule has 0 saturated heterocycles. The predicted molar refractivity (Wildman–Crippen MR) is 134 cm³/mol. The number of nitriles is 1. The zero-order valence-electron chi connectivity index (χ0n) is 20.1. The Morgan fingerprint density at radius 2 is 2.08 bits per heavy atom. The summed E-state index contributed by atoms with van der Waals surface area (Å²) in [7, 11) is 1.37. The summed E-state index contributed by atoms with van der Waals surface area (Å²) in [6.07, 6.45) is 8.08. The van der Waals surface area contributed by atoms with E-state index in [2.05, 4.69) is 31.7 Å². The van der Waals surface area contributed by atoms with Crippen molar-refractivity contribution in [2.24, 2.45) is 0 Å². The number of allylic oxidation sites excluding steroid dienone is 3. The maximum absolute atomic E-state index is 12.9. The van der Waals surface area contributed by atoms with E-state index in [4.69, 9.17) is 9.47 Å². The average Bonchev–Trinajstić information content (AvgIpc) is 3.15. The van der Waals surface area contributed by atoms with Gasteiger partial charge in [0, 0.05) is 0 Å². The molecule has 2 aliphatic rings. The first-order valence-corrected chi connectivity index (χ1v) is 13.9. The molecule has 1 atom stereocenters. The van der Waals surface area contributed by atoms with Gasteiger partial charge in [-0.2, -0.15) is 0 Å². The van der Waals surface area contributed by atoms with Crippen LogP contribution in [0.15, 0.2) is 80.0 Å². The Kier molecular flexibility index (Phi) is 8.18. The zero-order chi connectivity index (χ0) is 25.5. The topological polar surface area (TPSA) is 88.4 Å². The van der Waals surface area contributed by atoms with Crippen molar-refractivity contribution in [3.63, 3.8) is 0 Å².